The van der Waals surface area contributed by atoms with E-state index in [-0.39, 0.29) is 5.91 Å². The third kappa shape index (κ3) is 4.54. The second-order valence-corrected chi connectivity index (χ2v) is 7.71. The lowest BCUT2D eigenvalue weighted by atomic mass is 10.1. The summed E-state index contributed by atoms with van der Waals surface area (Å²) >= 11 is 1.63. The number of unbranched alkanes of at least 4 members (excludes halogenated alkanes) is 2. The van der Waals surface area contributed by atoms with Crippen molar-refractivity contribution in [3.8, 4) is 22.4 Å². The molecule has 5 nitrogen and oxygen atoms in total. The van der Waals surface area contributed by atoms with Crippen LogP contribution in [0.2, 0.25) is 0 Å². The lowest BCUT2D eigenvalue weighted by Crippen LogP contribution is -2.45. The van der Waals surface area contributed by atoms with E-state index in [4.69, 9.17) is 0 Å². The maximum absolute atomic E-state index is 12.5. The average Bonchev–Trinajstić information content (AvgIpc) is 3.26. The number of rotatable bonds is 5. The van der Waals surface area contributed by atoms with E-state index in [1.54, 1.807) is 11.3 Å². The van der Waals surface area contributed by atoms with E-state index in [9.17, 15) is 4.79 Å². The maximum Gasteiger partial charge on any atom is 0.286 e. The quantitative estimate of drug-likeness (QED) is 0.615. The van der Waals surface area contributed by atoms with Crippen LogP contribution in [-0.2, 0) is 0 Å². The zero-order chi connectivity index (χ0) is 18.4. The van der Waals surface area contributed by atoms with Crippen LogP contribution in [0.1, 0.15) is 66.4 Å². The Hall–Kier alpha value is -2.10. The molecular formula is C20H26N4OS. The fourth-order valence-corrected chi connectivity index (χ4v) is 3.95. The molecule has 138 valence electrons. The molecule has 2 N–H and O–H groups in total. The Morgan fingerprint density at radius 2 is 2.15 bits per heavy atom. The molecular weight excluding hydrogens is 344 g/mol. The number of carbonyl (C=O) groups is 1. The summed E-state index contributed by atoms with van der Waals surface area (Å²) in [5.74, 6) is 6.30. The number of nitrogens with zero attached hydrogens (tertiary/aromatic N) is 2. The molecule has 0 spiro atoms. The molecule has 1 amide bonds. The molecule has 26 heavy (non-hydrogen) atoms. The molecule has 0 aromatic carbocycles. The van der Waals surface area contributed by atoms with Crippen molar-refractivity contribution < 1.29 is 4.79 Å². The van der Waals surface area contributed by atoms with E-state index < -0.39 is 0 Å². The van der Waals surface area contributed by atoms with Gasteiger partial charge in [0, 0.05) is 25.1 Å². The first-order valence-corrected chi connectivity index (χ1v) is 10.2. The molecule has 3 rings (SSSR count). The number of aromatic amines is 1. The van der Waals surface area contributed by atoms with Crippen LogP contribution in [0.4, 0.5) is 0 Å². The highest BCUT2D eigenvalue weighted by Gasteiger charge is 2.20. The Morgan fingerprint density at radius 1 is 1.35 bits per heavy atom. The summed E-state index contributed by atoms with van der Waals surface area (Å²) in [4.78, 5) is 14.6. The molecule has 0 radical (unpaired) electrons. The highest BCUT2D eigenvalue weighted by Crippen LogP contribution is 2.29. The van der Waals surface area contributed by atoms with E-state index in [1.807, 2.05) is 24.1 Å². The van der Waals surface area contributed by atoms with Gasteiger partial charge in [0.05, 0.1) is 15.4 Å². The van der Waals surface area contributed by atoms with Crippen molar-refractivity contribution in [1.29, 1.82) is 0 Å². The zero-order valence-corrected chi connectivity index (χ0v) is 16.3. The van der Waals surface area contributed by atoms with Gasteiger partial charge >= 0.3 is 0 Å². The van der Waals surface area contributed by atoms with Gasteiger partial charge in [-0.1, -0.05) is 31.6 Å². The maximum atomic E-state index is 12.5. The Kier molecular flexibility index (Phi) is 6.48. The van der Waals surface area contributed by atoms with Gasteiger partial charge in [0.2, 0.25) is 0 Å². The topological polar surface area (TPSA) is 61.0 Å². The number of hydrogen-bond acceptors (Lipinski definition) is 4. The van der Waals surface area contributed by atoms with E-state index in [0.29, 0.717) is 5.69 Å². The number of carbonyl (C=O) groups excluding carboxylic acids is 1. The monoisotopic (exact) mass is 370 g/mol. The molecule has 1 saturated heterocycles. The van der Waals surface area contributed by atoms with Crippen LogP contribution >= 0.6 is 11.3 Å². The number of hydrogen-bond donors (Lipinski definition) is 2. The lowest BCUT2D eigenvalue weighted by molar-refractivity contribution is 0.0744. The molecule has 0 bridgehead atoms. The van der Waals surface area contributed by atoms with Gasteiger partial charge in [-0.05, 0) is 38.3 Å². The molecule has 0 unspecified atom stereocenters. The van der Waals surface area contributed by atoms with Gasteiger partial charge in [-0.3, -0.25) is 15.3 Å². The fourth-order valence-electron chi connectivity index (χ4n) is 3.02. The average molecular weight is 371 g/mol. The summed E-state index contributed by atoms with van der Waals surface area (Å²) in [6.45, 7) is 5.93. The number of piperidine rings is 1. The van der Waals surface area contributed by atoms with Gasteiger partial charge in [0.1, 0.15) is 0 Å². The molecule has 0 saturated carbocycles. The zero-order valence-electron chi connectivity index (χ0n) is 15.5. The van der Waals surface area contributed by atoms with E-state index in [2.05, 4.69) is 34.4 Å². The lowest BCUT2D eigenvalue weighted by Gasteiger charge is -2.26. The normalized spacial score (nSPS) is 14.7. The molecule has 1 aliphatic rings. The molecule has 2 aromatic rings. The van der Waals surface area contributed by atoms with Crippen molar-refractivity contribution in [3.05, 3.63) is 28.3 Å². The van der Waals surface area contributed by atoms with Crippen LogP contribution in [0, 0.1) is 18.8 Å². The van der Waals surface area contributed by atoms with Crippen LogP contribution in [0.25, 0.3) is 10.6 Å². The second kappa shape index (κ2) is 9.02. The third-order valence-electron chi connectivity index (χ3n) is 4.56. The van der Waals surface area contributed by atoms with Crippen molar-refractivity contribution in [2.75, 3.05) is 13.1 Å². The van der Waals surface area contributed by atoms with Crippen molar-refractivity contribution in [3.63, 3.8) is 0 Å². The molecule has 0 atom stereocenters. The largest absolute Gasteiger partial charge is 0.286 e. The summed E-state index contributed by atoms with van der Waals surface area (Å²) in [7, 11) is 0. The third-order valence-corrected chi connectivity index (χ3v) is 5.58. The molecule has 1 aliphatic heterocycles. The van der Waals surface area contributed by atoms with Crippen molar-refractivity contribution in [2.45, 2.75) is 52.4 Å². The molecule has 6 heteroatoms. The number of H-pyrrole nitrogens is 1. The van der Waals surface area contributed by atoms with Crippen LogP contribution in [0.15, 0.2) is 12.1 Å². The van der Waals surface area contributed by atoms with Gasteiger partial charge in [0.25, 0.3) is 5.91 Å². The number of aromatic nitrogens is 2. The van der Waals surface area contributed by atoms with Crippen LogP contribution in [0.5, 0.6) is 0 Å². The van der Waals surface area contributed by atoms with Gasteiger partial charge in [-0.2, -0.15) is 5.10 Å². The molecule has 1 fully saturated rings. The summed E-state index contributed by atoms with van der Waals surface area (Å²) in [5, 5.41) is 9.29. The minimum Gasteiger partial charge on any atom is -0.283 e. The smallest absolute Gasteiger partial charge is 0.283 e. The predicted molar refractivity (Wildman–Crippen MR) is 106 cm³/mol. The second-order valence-electron chi connectivity index (χ2n) is 6.63. The number of hydrazine groups is 1. The first-order valence-electron chi connectivity index (χ1n) is 9.39. The predicted octanol–water partition coefficient (Wildman–Crippen LogP) is 4.12. The van der Waals surface area contributed by atoms with Gasteiger partial charge in [-0.15, -0.1) is 11.3 Å². The van der Waals surface area contributed by atoms with Crippen molar-refractivity contribution in [2.24, 2.45) is 0 Å². The van der Waals surface area contributed by atoms with E-state index in [1.165, 1.54) is 12.8 Å². The van der Waals surface area contributed by atoms with Crippen molar-refractivity contribution in [1.82, 2.24) is 20.6 Å². The number of thiophene rings is 1. The first kappa shape index (κ1) is 18.7. The van der Waals surface area contributed by atoms with E-state index in [0.717, 1.165) is 59.8 Å². The Labute approximate surface area is 159 Å². The summed E-state index contributed by atoms with van der Waals surface area (Å²) in [6.07, 6.45) is 6.73. The summed E-state index contributed by atoms with van der Waals surface area (Å²) < 4.78 is 0. The van der Waals surface area contributed by atoms with Crippen LogP contribution in [-0.4, -0.2) is 34.2 Å². The minimum absolute atomic E-state index is 0.136. The highest BCUT2D eigenvalue weighted by atomic mass is 32.1. The first-order chi connectivity index (χ1) is 12.7. The number of amides is 1. The van der Waals surface area contributed by atoms with Crippen LogP contribution in [0.3, 0.4) is 0 Å². The Bertz CT molecular complexity index is 805. The van der Waals surface area contributed by atoms with Crippen molar-refractivity contribution >= 4 is 17.2 Å². The standard InChI is InChI=1S/C20H26N4OS/c1-3-4-5-7-10-16-11-12-17(26-16)18-15(2)19(22-21-18)20(25)23-24-13-8-6-9-14-24/h11-12H,3-6,8-9,13-14H2,1-2H3,(H,21,22)(H,23,25). The molecule has 3 heterocycles. The summed E-state index contributed by atoms with van der Waals surface area (Å²) in [6, 6.07) is 4.08. The Morgan fingerprint density at radius 3 is 2.92 bits per heavy atom. The van der Waals surface area contributed by atoms with Gasteiger partial charge in [-0.25, -0.2) is 5.01 Å². The minimum atomic E-state index is -0.136. The fraction of sp³-hybridized carbons (Fsp3) is 0.500. The number of nitrogens with one attached hydrogen (secondary N) is 2. The van der Waals surface area contributed by atoms with E-state index >= 15 is 0 Å². The molecule has 0 aliphatic carbocycles. The van der Waals surface area contributed by atoms with Crippen LogP contribution < -0.4 is 5.43 Å². The van der Waals surface area contributed by atoms with Gasteiger partial charge < -0.3 is 0 Å². The molecule has 2 aromatic heterocycles. The highest BCUT2D eigenvalue weighted by molar-refractivity contribution is 7.16. The SMILES string of the molecule is CCCCC#Cc1ccc(-c2[nH]nc(C(=O)NN3CCCCC3)c2C)s1. The Balaban J connectivity index is 1.69. The summed E-state index contributed by atoms with van der Waals surface area (Å²) in [5.41, 5.74) is 5.23. The van der Waals surface area contributed by atoms with Gasteiger partial charge in [0.15, 0.2) is 5.69 Å².